The molecule has 1 heterocycles. The van der Waals surface area contributed by atoms with Crippen LogP contribution in [0.3, 0.4) is 0 Å². The molecule has 0 unspecified atom stereocenters. The second kappa shape index (κ2) is 6.71. The molecule has 1 N–H and O–H groups in total. The maximum atomic E-state index is 11.9. The van der Waals surface area contributed by atoms with E-state index >= 15 is 0 Å². The number of amides is 1. The predicted octanol–water partition coefficient (Wildman–Crippen LogP) is 2.11. The van der Waals surface area contributed by atoms with E-state index in [1.807, 2.05) is 14.0 Å². The van der Waals surface area contributed by atoms with Crippen LogP contribution in [0.25, 0.3) is 0 Å². The van der Waals surface area contributed by atoms with Crippen molar-refractivity contribution in [2.75, 3.05) is 20.1 Å². The Morgan fingerprint density at radius 3 is 2.72 bits per heavy atom. The van der Waals surface area contributed by atoms with Gasteiger partial charge in [0.25, 0.3) is 5.91 Å². The number of nitrogens with one attached hydrogen (secondary N) is 1. The fraction of sp³-hybridized carbons (Fsp3) is 0.538. The zero-order valence-electron chi connectivity index (χ0n) is 11.3. The third-order valence-electron chi connectivity index (χ3n) is 2.82. The van der Waals surface area contributed by atoms with Crippen LogP contribution in [0.2, 0.25) is 5.15 Å². The number of pyridine rings is 1. The van der Waals surface area contributed by atoms with Gasteiger partial charge in [0.2, 0.25) is 0 Å². The molecule has 0 saturated carbocycles. The number of hydrogen-bond donors (Lipinski definition) is 1. The molecule has 0 spiro atoms. The van der Waals surface area contributed by atoms with Gasteiger partial charge in [-0.1, -0.05) is 11.6 Å². The van der Waals surface area contributed by atoms with Crippen LogP contribution < -0.4 is 5.32 Å². The summed E-state index contributed by atoms with van der Waals surface area (Å²) in [6.45, 7) is 7.49. The van der Waals surface area contributed by atoms with E-state index in [0.29, 0.717) is 23.3 Å². The standard InChI is InChI=1S/C13H20ClN3O/c1-9(2)17(4)6-5-15-13(18)11-7-10(3)16-12(14)8-11/h7-9H,5-6H2,1-4H3,(H,15,18). The third kappa shape index (κ3) is 4.63. The quantitative estimate of drug-likeness (QED) is 0.833. The van der Waals surface area contributed by atoms with Crippen LogP contribution in [-0.4, -0.2) is 42.0 Å². The molecule has 0 aromatic carbocycles. The van der Waals surface area contributed by atoms with Crippen LogP contribution in [0.5, 0.6) is 0 Å². The van der Waals surface area contributed by atoms with Gasteiger partial charge in [0, 0.05) is 30.4 Å². The molecule has 0 saturated heterocycles. The van der Waals surface area contributed by atoms with Crippen molar-refractivity contribution in [1.82, 2.24) is 15.2 Å². The van der Waals surface area contributed by atoms with E-state index in [-0.39, 0.29) is 5.91 Å². The summed E-state index contributed by atoms with van der Waals surface area (Å²) in [6.07, 6.45) is 0. The lowest BCUT2D eigenvalue weighted by Gasteiger charge is -2.20. The largest absolute Gasteiger partial charge is 0.351 e. The molecule has 5 heteroatoms. The first-order chi connectivity index (χ1) is 8.40. The van der Waals surface area contributed by atoms with Crippen LogP contribution in [0.1, 0.15) is 29.9 Å². The Morgan fingerprint density at radius 2 is 2.17 bits per heavy atom. The fourth-order valence-corrected chi connectivity index (χ4v) is 1.72. The lowest BCUT2D eigenvalue weighted by atomic mass is 10.2. The molecule has 1 rings (SSSR count). The predicted molar refractivity (Wildman–Crippen MR) is 74.1 cm³/mol. The molecule has 0 fully saturated rings. The van der Waals surface area contributed by atoms with Crippen molar-refractivity contribution in [3.63, 3.8) is 0 Å². The third-order valence-corrected chi connectivity index (χ3v) is 3.01. The molecule has 4 nitrogen and oxygen atoms in total. The van der Waals surface area contributed by atoms with E-state index in [1.54, 1.807) is 12.1 Å². The van der Waals surface area contributed by atoms with Crippen molar-refractivity contribution in [3.8, 4) is 0 Å². The Morgan fingerprint density at radius 1 is 1.50 bits per heavy atom. The van der Waals surface area contributed by atoms with Gasteiger partial charge in [0.15, 0.2) is 0 Å². The molecule has 1 aromatic rings. The first-order valence-corrected chi connectivity index (χ1v) is 6.40. The molecule has 100 valence electrons. The smallest absolute Gasteiger partial charge is 0.251 e. The summed E-state index contributed by atoms with van der Waals surface area (Å²) in [5.41, 5.74) is 1.30. The molecule has 0 aliphatic heterocycles. The molecule has 0 atom stereocenters. The number of likely N-dealkylation sites (N-methyl/N-ethyl adjacent to an activating group) is 1. The zero-order valence-corrected chi connectivity index (χ0v) is 12.1. The summed E-state index contributed by atoms with van der Waals surface area (Å²) >= 11 is 5.82. The highest BCUT2D eigenvalue weighted by Gasteiger charge is 2.08. The summed E-state index contributed by atoms with van der Waals surface area (Å²) < 4.78 is 0. The minimum absolute atomic E-state index is 0.112. The summed E-state index contributed by atoms with van der Waals surface area (Å²) in [5.74, 6) is -0.112. The lowest BCUT2D eigenvalue weighted by molar-refractivity contribution is 0.0948. The second-order valence-electron chi connectivity index (χ2n) is 4.65. The number of rotatable bonds is 5. The van der Waals surface area contributed by atoms with Gasteiger partial charge < -0.3 is 10.2 Å². The Labute approximate surface area is 113 Å². The number of aromatic nitrogens is 1. The number of nitrogens with zero attached hydrogens (tertiary/aromatic N) is 2. The number of hydrogen-bond acceptors (Lipinski definition) is 3. The molecule has 0 bridgehead atoms. The lowest BCUT2D eigenvalue weighted by Crippen LogP contribution is -2.36. The fourth-order valence-electron chi connectivity index (χ4n) is 1.47. The average Bonchev–Trinajstić information content (AvgIpc) is 2.27. The molecular weight excluding hydrogens is 250 g/mol. The number of aryl methyl sites for hydroxylation is 1. The van der Waals surface area contributed by atoms with Gasteiger partial charge in [-0.05, 0) is 40.0 Å². The number of carbonyl (C=O) groups is 1. The Hall–Kier alpha value is -1.13. The molecule has 0 radical (unpaired) electrons. The van der Waals surface area contributed by atoms with Gasteiger partial charge in [0.05, 0.1) is 0 Å². The summed E-state index contributed by atoms with van der Waals surface area (Å²) in [7, 11) is 2.03. The van der Waals surface area contributed by atoms with Gasteiger partial charge >= 0.3 is 0 Å². The highest BCUT2D eigenvalue weighted by atomic mass is 35.5. The minimum Gasteiger partial charge on any atom is -0.351 e. The molecule has 0 aliphatic carbocycles. The van der Waals surface area contributed by atoms with Crippen LogP contribution in [0, 0.1) is 6.92 Å². The van der Waals surface area contributed by atoms with Crippen molar-refractivity contribution >= 4 is 17.5 Å². The van der Waals surface area contributed by atoms with Gasteiger partial charge in [-0.3, -0.25) is 4.79 Å². The summed E-state index contributed by atoms with van der Waals surface area (Å²) in [6, 6.07) is 3.78. The van der Waals surface area contributed by atoms with Gasteiger partial charge in [-0.25, -0.2) is 4.98 Å². The van der Waals surface area contributed by atoms with Crippen molar-refractivity contribution in [1.29, 1.82) is 0 Å². The van der Waals surface area contributed by atoms with Crippen molar-refractivity contribution in [2.45, 2.75) is 26.8 Å². The van der Waals surface area contributed by atoms with E-state index in [0.717, 1.165) is 12.2 Å². The highest BCUT2D eigenvalue weighted by molar-refractivity contribution is 6.29. The van der Waals surface area contributed by atoms with Gasteiger partial charge in [-0.15, -0.1) is 0 Å². The van der Waals surface area contributed by atoms with Crippen LogP contribution in [-0.2, 0) is 0 Å². The first kappa shape index (κ1) is 14.9. The molecule has 0 aliphatic rings. The van der Waals surface area contributed by atoms with E-state index < -0.39 is 0 Å². The number of halogens is 1. The van der Waals surface area contributed by atoms with E-state index in [1.165, 1.54) is 0 Å². The van der Waals surface area contributed by atoms with E-state index in [4.69, 9.17) is 11.6 Å². The highest BCUT2D eigenvalue weighted by Crippen LogP contribution is 2.10. The van der Waals surface area contributed by atoms with Crippen LogP contribution in [0.4, 0.5) is 0 Å². The number of carbonyl (C=O) groups excluding carboxylic acids is 1. The Bertz CT molecular complexity index is 400. The van der Waals surface area contributed by atoms with Crippen LogP contribution in [0.15, 0.2) is 12.1 Å². The first-order valence-electron chi connectivity index (χ1n) is 6.02. The monoisotopic (exact) mass is 269 g/mol. The topological polar surface area (TPSA) is 45.2 Å². The summed E-state index contributed by atoms with van der Waals surface area (Å²) in [4.78, 5) is 18.1. The van der Waals surface area contributed by atoms with E-state index in [9.17, 15) is 4.79 Å². The molecule has 18 heavy (non-hydrogen) atoms. The Balaban J connectivity index is 2.50. The van der Waals surface area contributed by atoms with Crippen molar-refractivity contribution < 1.29 is 4.79 Å². The van der Waals surface area contributed by atoms with Crippen molar-refractivity contribution in [3.05, 3.63) is 28.5 Å². The van der Waals surface area contributed by atoms with E-state index in [2.05, 4.69) is 29.0 Å². The SMILES string of the molecule is Cc1cc(C(=O)NCCN(C)C(C)C)cc(Cl)n1. The maximum Gasteiger partial charge on any atom is 0.251 e. The van der Waals surface area contributed by atoms with Crippen molar-refractivity contribution in [2.24, 2.45) is 0 Å². The zero-order chi connectivity index (χ0) is 13.7. The molecule has 1 amide bonds. The summed E-state index contributed by atoms with van der Waals surface area (Å²) in [5, 5.41) is 3.22. The Kier molecular flexibility index (Phi) is 5.56. The minimum atomic E-state index is -0.112. The normalized spacial score (nSPS) is 11.1. The van der Waals surface area contributed by atoms with Gasteiger partial charge in [-0.2, -0.15) is 0 Å². The average molecular weight is 270 g/mol. The van der Waals surface area contributed by atoms with Gasteiger partial charge in [0.1, 0.15) is 5.15 Å². The second-order valence-corrected chi connectivity index (χ2v) is 5.04. The maximum absolute atomic E-state index is 11.9. The molecule has 1 aromatic heterocycles. The van der Waals surface area contributed by atoms with Crippen LogP contribution >= 0.6 is 11.6 Å². The molecular formula is C13H20ClN3O.